The summed E-state index contributed by atoms with van der Waals surface area (Å²) in [5.74, 6) is -4.33. The minimum Gasteiger partial charge on any atom is -0.504 e. The van der Waals surface area contributed by atoms with Gasteiger partial charge in [-0.3, -0.25) is 0 Å². The molecule has 0 spiro atoms. The maximum atomic E-state index is 10.1. The third-order valence-corrected chi connectivity index (χ3v) is 3.88. The molecule has 0 heterocycles. The average molecular weight is 317 g/mol. The molecule has 0 saturated heterocycles. The minimum absolute atomic E-state index is 0.205. The van der Waals surface area contributed by atoms with Crippen LogP contribution in [0.2, 0.25) is 0 Å². The van der Waals surface area contributed by atoms with Crippen LogP contribution in [-0.2, 0) is 4.74 Å². The van der Waals surface area contributed by atoms with Crippen LogP contribution in [0.15, 0.2) is 24.3 Å². The molecule has 7 nitrogen and oxygen atoms in total. The number of anilines is 1. The van der Waals surface area contributed by atoms with Gasteiger partial charge in [0.15, 0.2) is 11.5 Å². The highest BCUT2D eigenvalue weighted by Crippen LogP contribution is 2.55. The normalized spacial score (nSPS) is 16.2. The zero-order chi connectivity index (χ0) is 16.9. The van der Waals surface area contributed by atoms with Gasteiger partial charge >= 0.3 is 0 Å². The Labute approximate surface area is 131 Å². The number of nitrogens with two attached hydrogens (primary N) is 1. The van der Waals surface area contributed by atoms with E-state index in [1.165, 1.54) is 7.11 Å². The second-order valence-corrected chi connectivity index (χ2v) is 5.20. The summed E-state index contributed by atoms with van der Waals surface area (Å²) in [7, 11) is 1.49. The van der Waals surface area contributed by atoms with Gasteiger partial charge in [-0.2, -0.15) is 0 Å². The van der Waals surface area contributed by atoms with Crippen molar-refractivity contribution in [1.82, 2.24) is 0 Å². The van der Waals surface area contributed by atoms with Gasteiger partial charge < -0.3 is 36.0 Å². The first kappa shape index (κ1) is 14.9. The van der Waals surface area contributed by atoms with Gasteiger partial charge in [0.2, 0.25) is 17.2 Å². The van der Waals surface area contributed by atoms with Gasteiger partial charge in [0.25, 0.3) is 0 Å². The lowest BCUT2D eigenvalue weighted by Crippen LogP contribution is -1.97. The van der Waals surface area contributed by atoms with E-state index >= 15 is 0 Å². The van der Waals surface area contributed by atoms with Gasteiger partial charge in [0.1, 0.15) is 6.10 Å². The van der Waals surface area contributed by atoms with Crippen LogP contribution in [0.3, 0.4) is 0 Å². The minimum atomic E-state index is -0.997. The summed E-state index contributed by atoms with van der Waals surface area (Å²) in [6.45, 7) is 0. The molecule has 0 aromatic heterocycles. The second-order valence-electron chi connectivity index (χ2n) is 5.20. The van der Waals surface area contributed by atoms with E-state index in [1.54, 1.807) is 24.3 Å². The molecule has 1 atom stereocenters. The third kappa shape index (κ3) is 2.01. The number of nitrogen functional groups attached to an aromatic ring is 1. The molecule has 0 saturated carbocycles. The van der Waals surface area contributed by atoms with Crippen molar-refractivity contribution in [1.29, 1.82) is 0 Å². The fourth-order valence-corrected chi connectivity index (χ4v) is 2.75. The van der Waals surface area contributed by atoms with E-state index in [4.69, 9.17) is 10.5 Å². The number of phenols is 5. The first-order valence-corrected chi connectivity index (χ1v) is 6.70. The molecular weight excluding hydrogens is 302 g/mol. The summed E-state index contributed by atoms with van der Waals surface area (Å²) < 4.78 is 5.34. The summed E-state index contributed by atoms with van der Waals surface area (Å²) in [5, 5.41) is 49.1. The average Bonchev–Trinajstić information content (AvgIpc) is 2.89. The Morgan fingerprint density at radius 2 is 1.48 bits per heavy atom. The molecule has 7 heteroatoms. The summed E-state index contributed by atoms with van der Waals surface area (Å²) >= 11 is 0. The predicted molar refractivity (Wildman–Crippen MR) is 82.4 cm³/mol. The quantitative estimate of drug-likeness (QED) is 0.283. The molecule has 3 rings (SSSR count). The Kier molecular flexibility index (Phi) is 3.23. The Balaban J connectivity index is 2.30. The number of methoxy groups -OCH3 is 1. The van der Waals surface area contributed by atoms with Crippen molar-refractivity contribution in [2.45, 2.75) is 6.10 Å². The van der Waals surface area contributed by atoms with Gasteiger partial charge in [0, 0.05) is 12.8 Å². The van der Waals surface area contributed by atoms with E-state index in [1.807, 2.05) is 0 Å². The van der Waals surface area contributed by atoms with Crippen LogP contribution in [0.5, 0.6) is 28.7 Å². The zero-order valence-corrected chi connectivity index (χ0v) is 12.1. The molecule has 0 amide bonds. The van der Waals surface area contributed by atoms with Gasteiger partial charge in [0.05, 0.1) is 5.56 Å². The number of benzene rings is 2. The van der Waals surface area contributed by atoms with Crippen molar-refractivity contribution in [3.63, 3.8) is 0 Å². The highest BCUT2D eigenvalue weighted by molar-refractivity contribution is 5.93. The molecular formula is C16H15NO6. The monoisotopic (exact) mass is 317 g/mol. The number of rotatable bonds is 2. The summed E-state index contributed by atoms with van der Waals surface area (Å²) in [5.41, 5.74) is 7.75. The van der Waals surface area contributed by atoms with Gasteiger partial charge in [-0.1, -0.05) is 6.07 Å². The first-order chi connectivity index (χ1) is 10.9. The molecule has 2 aromatic rings. The van der Waals surface area contributed by atoms with Crippen molar-refractivity contribution in [2.75, 3.05) is 12.8 Å². The molecule has 7 N–H and O–H groups in total. The van der Waals surface area contributed by atoms with E-state index in [0.29, 0.717) is 22.4 Å². The van der Waals surface area contributed by atoms with Crippen LogP contribution < -0.4 is 5.73 Å². The zero-order valence-electron chi connectivity index (χ0n) is 12.1. The van der Waals surface area contributed by atoms with Crippen LogP contribution in [0.25, 0.3) is 5.57 Å². The SMILES string of the molecule is COC1C=C(c2c(O)c(O)c(O)c(O)c2O)c2ccc(N)cc21. The fraction of sp³-hybridized carbons (Fsp3) is 0.125. The van der Waals surface area contributed by atoms with Gasteiger partial charge in [-0.05, 0) is 34.9 Å². The Morgan fingerprint density at radius 1 is 0.913 bits per heavy atom. The van der Waals surface area contributed by atoms with Crippen molar-refractivity contribution in [3.05, 3.63) is 41.0 Å². The number of hydrogen-bond donors (Lipinski definition) is 6. The molecule has 1 aliphatic rings. The lowest BCUT2D eigenvalue weighted by atomic mass is 9.96. The fourth-order valence-electron chi connectivity index (χ4n) is 2.75. The lowest BCUT2D eigenvalue weighted by molar-refractivity contribution is 0.145. The smallest absolute Gasteiger partial charge is 0.208 e. The van der Waals surface area contributed by atoms with Gasteiger partial charge in [-0.15, -0.1) is 0 Å². The number of hydrogen-bond acceptors (Lipinski definition) is 7. The molecule has 120 valence electrons. The Morgan fingerprint density at radius 3 is 2.04 bits per heavy atom. The maximum absolute atomic E-state index is 10.1. The lowest BCUT2D eigenvalue weighted by Gasteiger charge is -2.14. The molecule has 1 unspecified atom stereocenters. The molecule has 1 aliphatic carbocycles. The van der Waals surface area contributed by atoms with E-state index in [0.717, 1.165) is 0 Å². The van der Waals surface area contributed by atoms with Crippen LogP contribution in [-0.4, -0.2) is 32.6 Å². The number of ether oxygens (including phenoxy) is 1. The topological polar surface area (TPSA) is 136 Å². The Bertz CT molecular complexity index is 814. The molecule has 0 bridgehead atoms. The van der Waals surface area contributed by atoms with Crippen molar-refractivity contribution >= 4 is 11.3 Å². The third-order valence-electron chi connectivity index (χ3n) is 3.88. The van der Waals surface area contributed by atoms with Crippen LogP contribution in [0.1, 0.15) is 22.8 Å². The highest BCUT2D eigenvalue weighted by Gasteiger charge is 2.31. The second kappa shape index (κ2) is 4.99. The first-order valence-electron chi connectivity index (χ1n) is 6.70. The van der Waals surface area contributed by atoms with E-state index in [2.05, 4.69) is 0 Å². The number of aromatic hydroxyl groups is 5. The van der Waals surface area contributed by atoms with Crippen LogP contribution in [0, 0.1) is 0 Å². The van der Waals surface area contributed by atoms with E-state index in [-0.39, 0.29) is 5.56 Å². The van der Waals surface area contributed by atoms with Crippen LogP contribution >= 0.6 is 0 Å². The number of phenolic OH excluding ortho intramolecular Hbond substituents is 5. The molecule has 23 heavy (non-hydrogen) atoms. The van der Waals surface area contributed by atoms with Crippen molar-refractivity contribution in [2.24, 2.45) is 0 Å². The van der Waals surface area contributed by atoms with E-state index in [9.17, 15) is 25.5 Å². The summed E-state index contributed by atoms with van der Waals surface area (Å²) in [6, 6.07) is 5.01. The predicted octanol–water partition coefficient (Wildman–Crippen LogP) is 1.93. The number of fused-ring (bicyclic) bond motifs is 1. The van der Waals surface area contributed by atoms with Crippen LogP contribution in [0.4, 0.5) is 5.69 Å². The van der Waals surface area contributed by atoms with Crippen molar-refractivity contribution in [3.8, 4) is 28.7 Å². The highest BCUT2D eigenvalue weighted by atomic mass is 16.5. The van der Waals surface area contributed by atoms with E-state index < -0.39 is 34.9 Å². The largest absolute Gasteiger partial charge is 0.504 e. The Hall–Kier alpha value is -3.06. The standard InChI is InChI=1S/C16H15NO6/c1-23-10-5-9(7-3-2-6(17)4-8(7)10)11-12(18)14(20)16(22)15(21)13(11)19/h2-5,10,18-22H,17H2,1H3. The summed E-state index contributed by atoms with van der Waals surface area (Å²) in [6.07, 6.45) is 1.13. The molecule has 0 radical (unpaired) electrons. The van der Waals surface area contributed by atoms with Gasteiger partial charge in [-0.25, -0.2) is 0 Å². The summed E-state index contributed by atoms with van der Waals surface area (Å²) in [4.78, 5) is 0. The van der Waals surface area contributed by atoms with Crippen molar-refractivity contribution < 1.29 is 30.3 Å². The molecule has 2 aromatic carbocycles. The maximum Gasteiger partial charge on any atom is 0.208 e. The molecule has 0 fully saturated rings. The molecule has 0 aliphatic heterocycles.